The molecule has 0 atom stereocenters. The van der Waals surface area contributed by atoms with Crippen LogP contribution in [0, 0.1) is 41.5 Å². The van der Waals surface area contributed by atoms with Crippen molar-refractivity contribution in [2.75, 3.05) is 0 Å². The van der Waals surface area contributed by atoms with Crippen LogP contribution in [0.2, 0.25) is 0 Å². The van der Waals surface area contributed by atoms with Gasteiger partial charge in [-0.3, -0.25) is 50.1 Å². The van der Waals surface area contributed by atoms with E-state index in [1.165, 1.54) is 116 Å². The summed E-state index contributed by atoms with van der Waals surface area (Å²) in [6, 6.07) is 42.6. The molecular weight excluding hydrogens is 1750 g/mol. The zero-order valence-electron chi connectivity index (χ0n) is 58.4. The molecule has 12 aromatic carbocycles. The monoisotopic (exact) mass is 1810 g/mol. The van der Waals surface area contributed by atoms with Gasteiger partial charge in [-0.15, -0.1) is 12.6 Å². The average molecular weight is 1810 g/mol. The summed E-state index contributed by atoms with van der Waals surface area (Å²) in [5.74, 6) is 0. The molecular formula is C66H60O36S12. The van der Waals surface area contributed by atoms with Crippen LogP contribution in [0.25, 0.3) is 64.6 Å². The fourth-order valence-electron chi connectivity index (χ4n) is 10.9. The van der Waals surface area contributed by atoms with Gasteiger partial charge in [0, 0.05) is 43.1 Å². The van der Waals surface area contributed by atoms with Crippen molar-refractivity contribution < 1.29 is 155 Å². The standard InChI is InChI=1S/5C11H10O6S2.C11H10O3S.O3S/c1-7-2-3-10-8(4-7)5-9(18(12,13)14)6-11(10)19(15,16)17;1-7-2-3-8-5-9(18(12,13)14)6-11(10(8)4-7)19(15,16)17;1-7-5-9-8(11(6-7)19(15,16)17)3-2-4-10(9)18(12,13)14;1-7-5-6-8-9(11(7)19(15,16)17)3-2-4-10(8)18(12,13)14;1-7-5-6-9(18(12,13)14)8-3-2-4-10(11(7)8)19(15,16)17;1-8-2-3-10-7-11(15(12,13)14)5-4-9(10)6-8;1-4(2)3/h5*2-6H,1H3,(H,12,13,14)(H,15,16,17);2-7H,1H3,(H,12,13,14);. The van der Waals surface area contributed by atoms with Crippen LogP contribution in [0.4, 0.5) is 0 Å². The highest BCUT2D eigenvalue weighted by Crippen LogP contribution is 2.36. The number of aryl methyl sites for hydroxylation is 6. The van der Waals surface area contributed by atoms with Crippen molar-refractivity contribution in [2.24, 2.45) is 0 Å². The van der Waals surface area contributed by atoms with Crippen molar-refractivity contribution in [1.29, 1.82) is 0 Å². The molecule has 0 unspecified atom stereocenters. The SMILES string of the molecule is Cc1cc(S(=O)(=O)O)c2cccc(S(=O)(=O)O)c2c1.Cc1ccc(S(=O)(=O)O)c2cccc(S(=O)(=O)O)c12.Cc1ccc2c(S(=O)(=O)O)cc(S(=O)(=O)O)cc2c1.Cc1ccc2c(S(=O)(=O)O)cccc2c1S(=O)(=O)O.Cc1ccc2cc(S(=O)(=O)O)cc(S(=O)(=O)O)c2c1.Cc1ccc2cc(S(=O)(=O)O)ccc2c1.O=S(=O)=O. The van der Waals surface area contributed by atoms with E-state index in [1.54, 1.807) is 52.0 Å². The molecule has 48 heteroatoms. The topological polar surface area (TPSA) is 649 Å². The van der Waals surface area contributed by atoms with Crippen molar-refractivity contribution in [1.82, 2.24) is 0 Å². The largest absolute Gasteiger partial charge is 0.425 e. The Labute approximate surface area is 653 Å². The van der Waals surface area contributed by atoms with Crippen molar-refractivity contribution in [3.63, 3.8) is 0 Å². The molecule has 12 rings (SSSR count). The van der Waals surface area contributed by atoms with Gasteiger partial charge in [-0.2, -0.15) is 92.6 Å². The first-order valence-electron chi connectivity index (χ1n) is 30.4. The van der Waals surface area contributed by atoms with Gasteiger partial charge >= 0.3 is 10.6 Å². The summed E-state index contributed by atoms with van der Waals surface area (Å²) in [6.07, 6.45) is 0. The number of fused-ring (bicyclic) bond motifs is 6. The molecule has 612 valence electrons. The Morgan fingerprint density at radius 1 is 0.211 bits per heavy atom. The van der Waals surface area contributed by atoms with Crippen LogP contribution < -0.4 is 0 Å². The van der Waals surface area contributed by atoms with E-state index in [0.29, 0.717) is 16.5 Å². The maximum absolute atomic E-state index is 11.4. The molecule has 0 saturated carbocycles. The Morgan fingerprint density at radius 3 is 1.00 bits per heavy atom. The molecule has 114 heavy (non-hydrogen) atoms. The summed E-state index contributed by atoms with van der Waals surface area (Å²) >= 11 is 0. The van der Waals surface area contributed by atoms with Gasteiger partial charge in [0.05, 0.1) is 14.7 Å². The Bertz CT molecular complexity index is 7360. The summed E-state index contributed by atoms with van der Waals surface area (Å²) in [4.78, 5) is -4.73. The van der Waals surface area contributed by atoms with Crippen molar-refractivity contribution in [3.05, 3.63) is 221 Å². The minimum Gasteiger partial charge on any atom is -0.282 e. The van der Waals surface area contributed by atoms with E-state index in [0.717, 1.165) is 63.9 Å². The minimum atomic E-state index is -4.60. The third-order valence-corrected chi connectivity index (χ3v) is 25.4. The lowest BCUT2D eigenvalue weighted by Gasteiger charge is -2.09. The first-order chi connectivity index (χ1) is 51.7. The summed E-state index contributed by atoms with van der Waals surface area (Å²) in [5.41, 5.74) is 3.83. The zero-order valence-corrected chi connectivity index (χ0v) is 68.2. The number of hydrogen-bond acceptors (Lipinski definition) is 25. The first kappa shape index (κ1) is 93.7. The van der Waals surface area contributed by atoms with E-state index in [9.17, 15) is 97.1 Å². The quantitative estimate of drug-likeness (QED) is 0.0536. The average Bonchev–Trinajstić information content (AvgIpc) is 0.777. The lowest BCUT2D eigenvalue weighted by atomic mass is 10.1. The molecule has 0 bridgehead atoms. The second kappa shape index (κ2) is 34.7. The molecule has 0 radical (unpaired) electrons. The highest BCUT2D eigenvalue weighted by Gasteiger charge is 2.27. The van der Waals surface area contributed by atoms with E-state index in [2.05, 4.69) is 0 Å². The Balaban J connectivity index is 0.000000211. The summed E-state index contributed by atoms with van der Waals surface area (Å²) in [5, 5.41) is 2.96. The van der Waals surface area contributed by atoms with E-state index in [-0.39, 0.29) is 63.8 Å². The second-order valence-corrected chi connectivity index (χ2v) is 39.7. The highest BCUT2D eigenvalue weighted by atomic mass is 32.3. The Kier molecular flexibility index (Phi) is 28.5. The predicted molar refractivity (Wildman–Crippen MR) is 410 cm³/mol. The van der Waals surface area contributed by atoms with Crippen molar-refractivity contribution in [3.8, 4) is 0 Å². The van der Waals surface area contributed by atoms with Gasteiger partial charge in [-0.05, 0) is 153 Å². The molecule has 11 N–H and O–H groups in total. The van der Waals surface area contributed by atoms with E-state index in [1.807, 2.05) is 25.1 Å². The van der Waals surface area contributed by atoms with Gasteiger partial charge in [-0.25, -0.2) is 0 Å². The van der Waals surface area contributed by atoms with Crippen molar-refractivity contribution in [2.45, 2.75) is 95.4 Å². The van der Waals surface area contributed by atoms with Gasteiger partial charge in [-0.1, -0.05) is 132 Å². The van der Waals surface area contributed by atoms with Gasteiger partial charge < -0.3 is 0 Å². The smallest absolute Gasteiger partial charge is 0.282 e. The molecule has 0 amide bonds. The molecule has 36 nitrogen and oxygen atoms in total. The Hall–Kier alpha value is -9.17. The predicted octanol–water partition coefficient (Wildman–Crippen LogP) is 9.60. The zero-order chi connectivity index (χ0) is 86.7. The van der Waals surface area contributed by atoms with Crippen LogP contribution in [0.3, 0.4) is 0 Å². The van der Waals surface area contributed by atoms with E-state index in [4.69, 9.17) is 58.2 Å². The van der Waals surface area contributed by atoms with Crippen LogP contribution in [0.1, 0.15) is 33.4 Å². The molecule has 0 aliphatic rings. The Morgan fingerprint density at radius 2 is 0.535 bits per heavy atom. The second-order valence-electron chi connectivity index (χ2n) is 24.0. The molecule has 0 aliphatic heterocycles. The fraction of sp³-hybridized carbons (Fsp3) is 0.0909. The molecule has 0 aromatic heterocycles. The number of hydrogen-bond donors (Lipinski definition) is 11. The third kappa shape index (κ3) is 24.5. The highest BCUT2D eigenvalue weighted by molar-refractivity contribution is 7.89. The maximum Gasteiger partial charge on any atom is 0.425 e. The van der Waals surface area contributed by atoms with Crippen LogP contribution in [-0.4, -0.2) is 155 Å². The summed E-state index contributed by atoms with van der Waals surface area (Å²) in [7, 11) is -52.5. The van der Waals surface area contributed by atoms with E-state index < -0.39 is 166 Å². The first-order valence-corrected chi connectivity index (χ1v) is 47.2. The van der Waals surface area contributed by atoms with Crippen LogP contribution in [-0.2, 0) is 122 Å². The van der Waals surface area contributed by atoms with Gasteiger partial charge in [0.1, 0.15) is 39.2 Å². The lowest BCUT2D eigenvalue weighted by molar-refractivity contribution is 0.477. The lowest BCUT2D eigenvalue weighted by Crippen LogP contribution is -2.04. The van der Waals surface area contributed by atoms with Crippen LogP contribution in [0.5, 0.6) is 0 Å². The normalized spacial score (nSPS) is 12.4. The van der Waals surface area contributed by atoms with E-state index >= 15 is 0 Å². The van der Waals surface area contributed by atoms with Gasteiger partial charge in [0.25, 0.3) is 111 Å². The number of benzene rings is 12. The molecule has 0 saturated heterocycles. The van der Waals surface area contributed by atoms with Gasteiger partial charge in [0.15, 0.2) is 0 Å². The maximum atomic E-state index is 11.4. The molecule has 0 fully saturated rings. The summed E-state index contributed by atoms with van der Waals surface area (Å²) < 4.78 is 372. The molecule has 0 aliphatic carbocycles. The number of rotatable bonds is 11. The molecule has 0 spiro atoms. The molecule has 0 heterocycles. The van der Waals surface area contributed by atoms with Crippen molar-refractivity contribution >= 4 is 187 Å². The summed E-state index contributed by atoms with van der Waals surface area (Å²) in [6.45, 7) is 10.0. The van der Waals surface area contributed by atoms with Crippen LogP contribution >= 0.6 is 0 Å². The van der Waals surface area contributed by atoms with Gasteiger partial charge in [0.2, 0.25) is 0 Å². The minimum absolute atomic E-state index is 0.0308. The molecule has 12 aromatic rings. The fourth-order valence-corrected chi connectivity index (χ4v) is 18.7. The third-order valence-electron chi connectivity index (χ3n) is 15.6. The van der Waals surface area contributed by atoms with Crippen LogP contribution in [0.15, 0.2) is 242 Å².